The summed E-state index contributed by atoms with van der Waals surface area (Å²) in [5.41, 5.74) is 1.15. The van der Waals surface area contributed by atoms with Gasteiger partial charge in [-0.3, -0.25) is 4.79 Å². The number of benzene rings is 2. The molecular weight excluding hydrogens is 309 g/mol. The van der Waals surface area contributed by atoms with Crippen molar-refractivity contribution >= 4 is 11.9 Å². The molecule has 1 aliphatic heterocycles. The van der Waals surface area contributed by atoms with Crippen LogP contribution in [-0.2, 0) is 11.3 Å². The van der Waals surface area contributed by atoms with Crippen LogP contribution < -0.4 is 10.6 Å². The van der Waals surface area contributed by atoms with Crippen LogP contribution in [0.4, 0.5) is 9.18 Å². The Labute approximate surface area is 139 Å². The van der Waals surface area contributed by atoms with E-state index < -0.39 is 6.04 Å². The standard InChI is InChI=1S/C18H18FN3O2/c19-15-9-5-4-8-14(15)12-21-18(24)22-11-10-20-17(23)16(22)13-6-2-1-3-7-13/h1-9,16H,10-12H2,(H,20,23)(H,21,24)/t16-/m0/s1. The smallest absolute Gasteiger partial charge is 0.318 e. The number of rotatable bonds is 3. The highest BCUT2D eigenvalue weighted by Crippen LogP contribution is 2.23. The SMILES string of the molecule is O=C1NCCN(C(=O)NCc2ccccc2F)[C@H]1c1ccccc1. The second-order valence-electron chi connectivity index (χ2n) is 5.55. The summed E-state index contributed by atoms with van der Waals surface area (Å²) >= 11 is 0. The minimum absolute atomic E-state index is 0.0745. The van der Waals surface area contributed by atoms with Crippen molar-refractivity contribution in [3.8, 4) is 0 Å². The summed E-state index contributed by atoms with van der Waals surface area (Å²) in [7, 11) is 0. The molecule has 0 aliphatic carbocycles. The molecule has 2 N–H and O–H groups in total. The molecule has 6 heteroatoms. The van der Waals surface area contributed by atoms with Gasteiger partial charge in [-0.25, -0.2) is 9.18 Å². The summed E-state index contributed by atoms with van der Waals surface area (Å²) < 4.78 is 13.7. The number of urea groups is 1. The van der Waals surface area contributed by atoms with Gasteiger partial charge in [0.05, 0.1) is 0 Å². The van der Waals surface area contributed by atoms with Gasteiger partial charge in [0.15, 0.2) is 0 Å². The van der Waals surface area contributed by atoms with E-state index in [1.54, 1.807) is 18.2 Å². The van der Waals surface area contributed by atoms with E-state index in [1.807, 2.05) is 30.3 Å². The zero-order valence-electron chi connectivity index (χ0n) is 13.0. The number of halogens is 1. The first-order valence-corrected chi connectivity index (χ1v) is 7.77. The van der Waals surface area contributed by atoms with Crippen LogP contribution in [0.1, 0.15) is 17.2 Å². The van der Waals surface area contributed by atoms with Crippen LogP contribution in [0.15, 0.2) is 54.6 Å². The molecule has 124 valence electrons. The Hall–Kier alpha value is -2.89. The third-order valence-electron chi connectivity index (χ3n) is 3.98. The van der Waals surface area contributed by atoms with E-state index in [4.69, 9.17) is 0 Å². The molecule has 2 aromatic rings. The number of nitrogens with one attached hydrogen (secondary N) is 2. The molecule has 1 saturated heterocycles. The first-order valence-electron chi connectivity index (χ1n) is 7.77. The fraction of sp³-hybridized carbons (Fsp3) is 0.222. The highest BCUT2D eigenvalue weighted by Gasteiger charge is 2.34. The number of hydrogen-bond donors (Lipinski definition) is 2. The van der Waals surface area contributed by atoms with Crippen molar-refractivity contribution in [1.29, 1.82) is 0 Å². The molecule has 0 saturated carbocycles. The fourth-order valence-electron chi connectivity index (χ4n) is 2.77. The lowest BCUT2D eigenvalue weighted by Gasteiger charge is -2.35. The Kier molecular flexibility index (Phi) is 4.74. The monoisotopic (exact) mass is 327 g/mol. The molecule has 1 heterocycles. The van der Waals surface area contributed by atoms with E-state index >= 15 is 0 Å². The summed E-state index contributed by atoms with van der Waals surface area (Å²) in [5.74, 6) is -0.581. The predicted octanol–water partition coefficient (Wildman–Crippen LogP) is 2.21. The van der Waals surface area contributed by atoms with Crippen molar-refractivity contribution in [1.82, 2.24) is 15.5 Å². The van der Waals surface area contributed by atoms with Crippen LogP contribution in [0.5, 0.6) is 0 Å². The summed E-state index contributed by atoms with van der Waals surface area (Å²) in [6.45, 7) is 0.870. The van der Waals surface area contributed by atoms with Gasteiger partial charge in [0, 0.05) is 25.2 Å². The van der Waals surface area contributed by atoms with Crippen LogP contribution in [0, 0.1) is 5.82 Å². The van der Waals surface area contributed by atoms with Gasteiger partial charge in [0.25, 0.3) is 0 Å². The first kappa shape index (κ1) is 16.0. The maximum Gasteiger partial charge on any atom is 0.318 e. The van der Waals surface area contributed by atoms with Crippen LogP contribution >= 0.6 is 0 Å². The van der Waals surface area contributed by atoms with Crippen molar-refractivity contribution in [3.63, 3.8) is 0 Å². The van der Waals surface area contributed by atoms with Crippen molar-refractivity contribution in [2.24, 2.45) is 0 Å². The molecule has 0 aromatic heterocycles. The van der Waals surface area contributed by atoms with Gasteiger partial charge in [-0.2, -0.15) is 0 Å². The molecule has 0 spiro atoms. The summed E-state index contributed by atoms with van der Waals surface area (Å²) in [6.07, 6.45) is 0. The third kappa shape index (κ3) is 3.37. The van der Waals surface area contributed by atoms with E-state index in [2.05, 4.69) is 10.6 Å². The van der Waals surface area contributed by atoms with Crippen molar-refractivity contribution < 1.29 is 14.0 Å². The molecule has 0 bridgehead atoms. The second kappa shape index (κ2) is 7.12. The number of amides is 3. The molecule has 1 fully saturated rings. The lowest BCUT2D eigenvalue weighted by Crippen LogP contribution is -2.54. The van der Waals surface area contributed by atoms with E-state index in [9.17, 15) is 14.0 Å². The van der Waals surface area contributed by atoms with Gasteiger partial charge in [0.1, 0.15) is 11.9 Å². The number of carbonyl (C=O) groups is 2. The number of nitrogens with zero attached hydrogens (tertiary/aromatic N) is 1. The maximum atomic E-state index is 13.7. The summed E-state index contributed by atoms with van der Waals surface area (Å²) in [4.78, 5) is 26.3. The van der Waals surface area contributed by atoms with E-state index in [0.29, 0.717) is 18.7 Å². The van der Waals surface area contributed by atoms with E-state index in [0.717, 1.165) is 5.56 Å². The Morgan fingerprint density at radius 3 is 2.62 bits per heavy atom. The number of piperazine rings is 1. The largest absolute Gasteiger partial charge is 0.352 e. The molecule has 1 aliphatic rings. The van der Waals surface area contributed by atoms with Crippen molar-refractivity contribution in [3.05, 3.63) is 71.5 Å². The zero-order valence-corrected chi connectivity index (χ0v) is 13.0. The van der Waals surface area contributed by atoms with E-state index in [-0.39, 0.29) is 24.3 Å². The lowest BCUT2D eigenvalue weighted by molar-refractivity contribution is -0.127. The van der Waals surface area contributed by atoms with Gasteiger partial charge in [-0.05, 0) is 11.6 Å². The van der Waals surface area contributed by atoms with Gasteiger partial charge in [0.2, 0.25) is 5.91 Å². The molecule has 3 amide bonds. The predicted molar refractivity (Wildman–Crippen MR) is 87.5 cm³/mol. The van der Waals surface area contributed by atoms with Crippen LogP contribution in [0.25, 0.3) is 0 Å². The van der Waals surface area contributed by atoms with Crippen LogP contribution in [0.2, 0.25) is 0 Å². The molecular formula is C18H18FN3O2. The lowest BCUT2D eigenvalue weighted by atomic mass is 10.0. The molecule has 5 nitrogen and oxygen atoms in total. The minimum Gasteiger partial charge on any atom is -0.352 e. The second-order valence-corrected chi connectivity index (χ2v) is 5.55. The number of hydrogen-bond acceptors (Lipinski definition) is 2. The molecule has 24 heavy (non-hydrogen) atoms. The molecule has 3 rings (SSSR count). The van der Waals surface area contributed by atoms with Crippen molar-refractivity contribution in [2.75, 3.05) is 13.1 Å². The maximum absolute atomic E-state index is 13.7. The summed E-state index contributed by atoms with van der Waals surface area (Å²) in [5, 5.41) is 5.47. The van der Waals surface area contributed by atoms with Crippen molar-refractivity contribution in [2.45, 2.75) is 12.6 Å². The Morgan fingerprint density at radius 1 is 1.17 bits per heavy atom. The topological polar surface area (TPSA) is 61.4 Å². The Balaban J connectivity index is 1.74. The summed E-state index contributed by atoms with van der Waals surface area (Å²) in [6, 6.07) is 14.3. The van der Waals surface area contributed by atoms with E-state index in [1.165, 1.54) is 11.0 Å². The molecule has 0 unspecified atom stereocenters. The Morgan fingerprint density at radius 2 is 1.88 bits per heavy atom. The van der Waals surface area contributed by atoms with Gasteiger partial charge < -0.3 is 15.5 Å². The van der Waals surface area contributed by atoms with Crippen LogP contribution in [-0.4, -0.2) is 29.9 Å². The molecule has 1 atom stereocenters. The minimum atomic E-state index is -0.680. The quantitative estimate of drug-likeness (QED) is 0.908. The average molecular weight is 327 g/mol. The molecule has 2 aromatic carbocycles. The third-order valence-corrected chi connectivity index (χ3v) is 3.98. The highest BCUT2D eigenvalue weighted by atomic mass is 19.1. The average Bonchev–Trinajstić information content (AvgIpc) is 2.61. The highest BCUT2D eigenvalue weighted by molar-refractivity contribution is 5.89. The van der Waals surface area contributed by atoms with Gasteiger partial charge in [-0.15, -0.1) is 0 Å². The zero-order chi connectivity index (χ0) is 16.9. The fourth-order valence-corrected chi connectivity index (χ4v) is 2.77. The Bertz CT molecular complexity index is 736. The normalized spacial score (nSPS) is 17.3. The van der Waals surface area contributed by atoms with Gasteiger partial charge >= 0.3 is 6.03 Å². The first-order chi connectivity index (χ1) is 11.7. The van der Waals surface area contributed by atoms with Crippen LogP contribution in [0.3, 0.4) is 0 Å². The molecule has 0 radical (unpaired) electrons. The van der Waals surface area contributed by atoms with Gasteiger partial charge in [-0.1, -0.05) is 48.5 Å². The number of carbonyl (C=O) groups excluding carboxylic acids is 2.